The number of aliphatic hydroxyl groups is 10. The summed E-state index contributed by atoms with van der Waals surface area (Å²) in [6, 6.07) is 0. The van der Waals surface area contributed by atoms with Crippen LogP contribution in [0.5, 0.6) is 0 Å². The van der Waals surface area contributed by atoms with Crippen molar-refractivity contribution in [3.05, 3.63) is 11.6 Å². The number of hydrogen-bond donors (Lipinski definition) is 10. The van der Waals surface area contributed by atoms with Gasteiger partial charge in [0.2, 0.25) is 0 Å². The lowest BCUT2D eigenvalue weighted by atomic mass is 9.44. The van der Waals surface area contributed by atoms with Gasteiger partial charge in [-0.25, -0.2) is 0 Å². The summed E-state index contributed by atoms with van der Waals surface area (Å²) in [6.45, 7) is 7.73. The Kier molecular flexibility index (Phi) is 9.27. The average molecular weight is 659 g/mol. The van der Waals surface area contributed by atoms with Gasteiger partial charge in [0.05, 0.1) is 41.7 Å². The van der Waals surface area contributed by atoms with E-state index in [9.17, 15) is 55.9 Å². The molecule has 0 radical (unpaired) electrons. The number of ether oxygens (including phenoxy) is 2. The van der Waals surface area contributed by atoms with Gasteiger partial charge in [-0.2, -0.15) is 0 Å². The van der Waals surface area contributed by atoms with Crippen LogP contribution >= 0.6 is 0 Å². The quantitative estimate of drug-likeness (QED) is 0.148. The van der Waals surface area contributed by atoms with E-state index in [0.29, 0.717) is 24.8 Å². The molecule has 4 fully saturated rings. The van der Waals surface area contributed by atoms with Gasteiger partial charge in [-0.1, -0.05) is 13.8 Å². The second-order valence-electron chi connectivity index (χ2n) is 16.1. The molecule has 0 bridgehead atoms. The van der Waals surface area contributed by atoms with Crippen LogP contribution < -0.4 is 0 Å². The maximum Gasteiger partial charge on any atom is 0.187 e. The zero-order chi connectivity index (χ0) is 34.4. The van der Waals surface area contributed by atoms with Gasteiger partial charge in [-0.3, -0.25) is 4.79 Å². The molecular formula is C33H54O13. The highest BCUT2D eigenvalue weighted by molar-refractivity contribution is 6.00. The molecular weight excluding hydrogens is 604 g/mol. The molecule has 0 spiro atoms. The molecule has 10 N–H and O–H groups in total. The lowest BCUT2D eigenvalue weighted by molar-refractivity contribution is -0.327. The molecule has 0 aromatic heterocycles. The topological polar surface area (TPSA) is 238 Å². The first-order chi connectivity index (χ1) is 21.1. The standard InChI is InChI=1S/C33H54O13/c1-28(2,41)9-8-22(36)31(5,42)21-7-11-32(43)17-12-23(37)33(44)14-19(45-27-26(40)25(39)24(38)20(15-34)46-27)18(35)13-30(33,4)16(17)6-10-29(21,32)3/h12,16,18-22,24-27,34-36,38-44H,6-11,13-15H2,1-5H3/t16-,18+,19+,20+,21-,22+,24+,25-,26+,27+,29+,30+,31+,32+,33-/m0/s1. The Bertz CT molecular complexity index is 1200. The zero-order valence-corrected chi connectivity index (χ0v) is 27.4. The van der Waals surface area contributed by atoms with Crippen molar-refractivity contribution in [3.8, 4) is 0 Å². The fraction of sp³-hybridized carbons (Fsp3) is 0.909. The van der Waals surface area contributed by atoms with E-state index < -0.39 is 106 Å². The highest BCUT2D eigenvalue weighted by atomic mass is 16.7. The van der Waals surface area contributed by atoms with Crippen LogP contribution in [-0.2, 0) is 14.3 Å². The third-order valence-corrected chi connectivity index (χ3v) is 12.8. The lowest BCUT2D eigenvalue weighted by Crippen LogP contribution is -2.70. The summed E-state index contributed by atoms with van der Waals surface area (Å²) in [5, 5.41) is 109. The highest BCUT2D eigenvalue weighted by Crippen LogP contribution is 2.69. The van der Waals surface area contributed by atoms with Gasteiger partial charge in [-0.15, -0.1) is 0 Å². The maximum absolute atomic E-state index is 13.9. The minimum Gasteiger partial charge on any atom is -0.394 e. The first-order valence-electron chi connectivity index (χ1n) is 16.6. The van der Waals surface area contributed by atoms with Crippen LogP contribution in [0.25, 0.3) is 0 Å². The first kappa shape index (κ1) is 36.2. The fourth-order valence-corrected chi connectivity index (χ4v) is 9.78. The van der Waals surface area contributed by atoms with Gasteiger partial charge in [0.25, 0.3) is 0 Å². The summed E-state index contributed by atoms with van der Waals surface area (Å²) < 4.78 is 11.3. The molecule has 4 aliphatic carbocycles. The molecule has 15 atom stereocenters. The van der Waals surface area contributed by atoms with Gasteiger partial charge >= 0.3 is 0 Å². The summed E-state index contributed by atoms with van der Waals surface area (Å²) in [4.78, 5) is 13.9. The third kappa shape index (κ3) is 5.34. The predicted octanol–water partition coefficient (Wildman–Crippen LogP) is -1.21. The molecule has 1 aliphatic heterocycles. The van der Waals surface area contributed by atoms with Crippen LogP contribution in [-0.4, -0.2) is 135 Å². The van der Waals surface area contributed by atoms with Gasteiger partial charge in [0, 0.05) is 17.3 Å². The van der Waals surface area contributed by atoms with Crippen molar-refractivity contribution in [2.75, 3.05) is 6.61 Å². The monoisotopic (exact) mass is 658 g/mol. The van der Waals surface area contributed by atoms with Crippen LogP contribution in [0.4, 0.5) is 0 Å². The molecule has 13 nitrogen and oxygen atoms in total. The predicted molar refractivity (Wildman–Crippen MR) is 161 cm³/mol. The Morgan fingerprint density at radius 1 is 0.957 bits per heavy atom. The Morgan fingerprint density at radius 2 is 1.61 bits per heavy atom. The van der Waals surface area contributed by atoms with Crippen molar-refractivity contribution in [1.82, 2.24) is 0 Å². The summed E-state index contributed by atoms with van der Waals surface area (Å²) in [5.41, 5.74) is -7.90. The van der Waals surface area contributed by atoms with Crippen LogP contribution in [0.1, 0.15) is 86.0 Å². The fourth-order valence-electron chi connectivity index (χ4n) is 9.78. The van der Waals surface area contributed by atoms with Crippen molar-refractivity contribution in [3.63, 3.8) is 0 Å². The maximum atomic E-state index is 13.9. The third-order valence-electron chi connectivity index (χ3n) is 12.8. The van der Waals surface area contributed by atoms with Gasteiger partial charge in [-0.05, 0) is 89.2 Å². The van der Waals surface area contributed by atoms with Crippen LogP contribution in [0.2, 0.25) is 0 Å². The summed E-state index contributed by atoms with van der Waals surface area (Å²) in [5.74, 6) is -1.73. The van der Waals surface area contributed by atoms with Crippen molar-refractivity contribution < 1.29 is 65.3 Å². The summed E-state index contributed by atoms with van der Waals surface area (Å²) >= 11 is 0. The van der Waals surface area contributed by atoms with E-state index in [4.69, 9.17) is 9.47 Å². The van der Waals surface area contributed by atoms with Crippen molar-refractivity contribution in [1.29, 1.82) is 0 Å². The van der Waals surface area contributed by atoms with E-state index in [0.717, 1.165) is 0 Å². The molecule has 0 unspecified atom stereocenters. The van der Waals surface area contributed by atoms with Crippen LogP contribution in [0.15, 0.2) is 11.6 Å². The van der Waals surface area contributed by atoms with E-state index in [1.54, 1.807) is 27.7 Å². The number of rotatable bonds is 8. The Balaban J connectivity index is 1.41. The second-order valence-corrected chi connectivity index (χ2v) is 16.1. The molecule has 264 valence electrons. The smallest absolute Gasteiger partial charge is 0.187 e. The molecule has 5 rings (SSSR count). The molecule has 0 amide bonds. The Hall–Kier alpha value is -1.07. The molecule has 5 aliphatic rings. The number of ketones is 1. The SMILES string of the molecule is CC(C)(O)CC[C@@H](O)[C@](C)(O)[C@H]1CC[C@@]2(O)C3=CC(=O)[C@@]4(O)C[C@@H](O[C@@H]5O[C@H](CO)[C@@H](O)[C@H](O)[C@H]5O)[C@H](O)C[C@]4(C)[C@H]3CC[C@]12C. The molecule has 3 saturated carbocycles. The molecule has 0 aromatic rings. The van der Waals surface area contributed by atoms with Crippen LogP contribution in [0, 0.1) is 22.7 Å². The number of carbonyl (C=O) groups is 1. The summed E-state index contributed by atoms with van der Waals surface area (Å²) in [7, 11) is 0. The van der Waals surface area contributed by atoms with Gasteiger partial charge in [0.1, 0.15) is 30.0 Å². The van der Waals surface area contributed by atoms with Gasteiger partial charge < -0.3 is 60.5 Å². The number of aliphatic hydroxyl groups excluding tert-OH is 6. The minimum atomic E-state index is -2.03. The van der Waals surface area contributed by atoms with Gasteiger partial charge in [0.15, 0.2) is 12.1 Å². The average Bonchev–Trinajstić information content (AvgIpc) is 3.25. The summed E-state index contributed by atoms with van der Waals surface area (Å²) in [6.07, 6.45) is -8.82. The zero-order valence-electron chi connectivity index (χ0n) is 27.4. The van der Waals surface area contributed by atoms with Crippen LogP contribution in [0.3, 0.4) is 0 Å². The highest BCUT2D eigenvalue weighted by Gasteiger charge is 2.72. The van der Waals surface area contributed by atoms with Crippen molar-refractivity contribution in [2.24, 2.45) is 22.7 Å². The first-order valence-corrected chi connectivity index (χ1v) is 16.6. The number of fused-ring (bicyclic) bond motifs is 5. The second kappa shape index (κ2) is 11.8. The van der Waals surface area contributed by atoms with E-state index in [1.807, 2.05) is 6.92 Å². The molecule has 1 heterocycles. The van der Waals surface area contributed by atoms with E-state index >= 15 is 0 Å². The molecule has 0 aromatic carbocycles. The normalized spacial score (nSPS) is 49.8. The van der Waals surface area contributed by atoms with Crippen molar-refractivity contribution >= 4 is 5.78 Å². The largest absolute Gasteiger partial charge is 0.394 e. The lowest BCUT2D eigenvalue weighted by Gasteiger charge is -2.63. The number of hydrogen-bond acceptors (Lipinski definition) is 13. The Morgan fingerprint density at radius 3 is 2.22 bits per heavy atom. The van der Waals surface area contributed by atoms with E-state index in [1.165, 1.54) is 6.08 Å². The van der Waals surface area contributed by atoms with E-state index in [-0.39, 0.29) is 32.1 Å². The number of carbonyl (C=O) groups excluding carboxylic acids is 1. The minimum absolute atomic E-state index is 0.108. The van der Waals surface area contributed by atoms with E-state index in [2.05, 4.69) is 0 Å². The molecule has 13 heteroatoms. The van der Waals surface area contributed by atoms with Crippen molar-refractivity contribution in [2.45, 2.75) is 157 Å². The molecule has 46 heavy (non-hydrogen) atoms. The Labute approximate surface area is 269 Å². The molecule has 1 saturated heterocycles.